The van der Waals surface area contributed by atoms with E-state index in [1.807, 2.05) is 23.9 Å². The second kappa shape index (κ2) is 6.57. The molecule has 0 radical (unpaired) electrons. The number of halogens is 1. The number of nitrogens with zero attached hydrogens (tertiary/aromatic N) is 2. The fourth-order valence-electron chi connectivity index (χ4n) is 2.58. The fourth-order valence-corrected chi connectivity index (χ4v) is 3.11. The molecule has 1 N–H and O–H groups in total. The van der Waals surface area contributed by atoms with Crippen molar-refractivity contribution >= 4 is 21.8 Å². The summed E-state index contributed by atoms with van der Waals surface area (Å²) in [5, 5.41) is 3.06. The van der Waals surface area contributed by atoms with Crippen LogP contribution in [0.15, 0.2) is 16.7 Å². The monoisotopic (exact) mass is 327 g/mol. The predicted molar refractivity (Wildman–Crippen MR) is 80.3 cm³/mol. The van der Waals surface area contributed by atoms with Gasteiger partial charge in [-0.3, -0.25) is 4.79 Å². The van der Waals surface area contributed by atoms with Crippen LogP contribution in [0.5, 0.6) is 0 Å². The molecule has 1 aliphatic rings. The van der Waals surface area contributed by atoms with Crippen molar-refractivity contribution in [3.8, 4) is 0 Å². The van der Waals surface area contributed by atoms with Gasteiger partial charge in [-0.05, 0) is 60.4 Å². The highest BCUT2D eigenvalue weighted by Gasteiger charge is 2.19. The molecule has 0 atom stereocenters. The Morgan fingerprint density at radius 3 is 2.68 bits per heavy atom. The van der Waals surface area contributed by atoms with Gasteiger partial charge in [0.2, 0.25) is 0 Å². The summed E-state index contributed by atoms with van der Waals surface area (Å²) in [6.07, 6.45) is 4.27. The molecule has 19 heavy (non-hydrogen) atoms. The molecule has 0 bridgehead atoms. The summed E-state index contributed by atoms with van der Waals surface area (Å²) in [6, 6.07) is 1.86. The number of likely N-dealkylation sites (tertiary alicyclic amines) is 1. The third-order valence-corrected chi connectivity index (χ3v) is 4.34. The van der Waals surface area contributed by atoms with E-state index in [2.05, 4.69) is 33.1 Å². The number of amides is 1. The molecule has 1 aromatic rings. The molecule has 1 fully saturated rings. The van der Waals surface area contributed by atoms with Crippen LogP contribution in [0.25, 0.3) is 0 Å². The molecule has 1 amide bonds. The highest BCUT2D eigenvalue weighted by atomic mass is 79.9. The van der Waals surface area contributed by atoms with E-state index in [4.69, 9.17) is 0 Å². The van der Waals surface area contributed by atoms with Gasteiger partial charge in [-0.25, -0.2) is 0 Å². The van der Waals surface area contributed by atoms with Gasteiger partial charge in [0, 0.05) is 24.3 Å². The van der Waals surface area contributed by atoms with Gasteiger partial charge in [0.15, 0.2) is 0 Å². The van der Waals surface area contributed by atoms with Gasteiger partial charge in [-0.2, -0.15) is 0 Å². The van der Waals surface area contributed by atoms with E-state index in [-0.39, 0.29) is 5.91 Å². The van der Waals surface area contributed by atoms with Crippen LogP contribution in [0.1, 0.15) is 30.3 Å². The normalized spacial score (nSPS) is 17.6. The molecule has 1 aromatic heterocycles. The number of carbonyl (C=O) groups excluding carboxylic acids is 1. The lowest BCUT2D eigenvalue weighted by Crippen LogP contribution is -2.38. The van der Waals surface area contributed by atoms with Crippen molar-refractivity contribution in [3.63, 3.8) is 0 Å². The summed E-state index contributed by atoms with van der Waals surface area (Å²) in [5.41, 5.74) is 0.706. The lowest BCUT2D eigenvalue weighted by molar-refractivity contribution is 0.0929. The van der Waals surface area contributed by atoms with Crippen LogP contribution in [-0.4, -0.2) is 41.6 Å². The second-order valence-corrected chi connectivity index (χ2v) is 6.16. The maximum Gasteiger partial charge on any atom is 0.267 e. The first-order chi connectivity index (χ1) is 9.10. The zero-order valence-electron chi connectivity index (χ0n) is 11.7. The minimum Gasteiger partial charge on any atom is -0.350 e. The molecule has 4 nitrogen and oxygen atoms in total. The van der Waals surface area contributed by atoms with Gasteiger partial charge < -0.3 is 14.8 Å². The topological polar surface area (TPSA) is 37.3 Å². The summed E-state index contributed by atoms with van der Waals surface area (Å²) in [4.78, 5) is 14.5. The zero-order valence-corrected chi connectivity index (χ0v) is 13.2. The Kier molecular flexibility index (Phi) is 5.05. The Labute approximate surface area is 123 Å². The Hall–Kier alpha value is -0.810. The largest absolute Gasteiger partial charge is 0.350 e. The molecule has 0 aromatic carbocycles. The van der Waals surface area contributed by atoms with E-state index in [0.717, 1.165) is 30.7 Å². The number of aryl methyl sites for hydroxylation is 1. The minimum absolute atomic E-state index is 0.0196. The number of carbonyl (C=O) groups is 1. The summed E-state index contributed by atoms with van der Waals surface area (Å²) in [6.45, 7) is 6.45. The van der Waals surface area contributed by atoms with Gasteiger partial charge in [-0.1, -0.05) is 6.92 Å². The second-order valence-electron chi connectivity index (χ2n) is 5.24. The van der Waals surface area contributed by atoms with Crippen LogP contribution in [0, 0.1) is 5.92 Å². The number of nitrogens with one attached hydrogen (secondary N) is 1. The SMILES string of the molecule is CCN1CCC(CNC(=O)c2cc(Br)cn2C)CC1. The van der Waals surface area contributed by atoms with Crippen LogP contribution in [0.2, 0.25) is 0 Å². The van der Waals surface area contributed by atoms with Crippen molar-refractivity contribution < 1.29 is 4.79 Å². The molecule has 2 heterocycles. The van der Waals surface area contributed by atoms with Gasteiger partial charge in [0.05, 0.1) is 0 Å². The van der Waals surface area contributed by atoms with E-state index >= 15 is 0 Å². The lowest BCUT2D eigenvalue weighted by atomic mass is 9.97. The van der Waals surface area contributed by atoms with Crippen LogP contribution in [-0.2, 0) is 7.05 Å². The van der Waals surface area contributed by atoms with Crippen LogP contribution < -0.4 is 5.32 Å². The fraction of sp³-hybridized carbons (Fsp3) is 0.643. The van der Waals surface area contributed by atoms with Crippen LogP contribution >= 0.6 is 15.9 Å². The van der Waals surface area contributed by atoms with Crippen molar-refractivity contribution in [1.82, 2.24) is 14.8 Å². The molecule has 0 saturated carbocycles. The molecular weight excluding hydrogens is 306 g/mol. The maximum absolute atomic E-state index is 12.1. The molecule has 5 heteroatoms. The summed E-state index contributed by atoms with van der Waals surface area (Å²) in [7, 11) is 1.89. The third kappa shape index (κ3) is 3.83. The van der Waals surface area contributed by atoms with E-state index in [9.17, 15) is 4.79 Å². The van der Waals surface area contributed by atoms with Crippen molar-refractivity contribution in [2.45, 2.75) is 19.8 Å². The molecule has 106 valence electrons. The summed E-state index contributed by atoms with van der Waals surface area (Å²) < 4.78 is 2.79. The number of rotatable bonds is 4. The van der Waals surface area contributed by atoms with Crippen LogP contribution in [0.4, 0.5) is 0 Å². The quantitative estimate of drug-likeness (QED) is 0.920. The van der Waals surface area contributed by atoms with Crippen LogP contribution in [0.3, 0.4) is 0 Å². The number of hydrogen-bond acceptors (Lipinski definition) is 2. The van der Waals surface area contributed by atoms with Crippen molar-refractivity contribution in [3.05, 3.63) is 22.4 Å². The molecule has 0 unspecified atom stereocenters. The van der Waals surface area contributed by atoms with E-state index in [1.165, 1.54) is 12.8 Å². The van der Waals surface area contributed by atoms with E-state index in [1.54, 1.807) is 0 Å². The number of aromatic nitrogens is 1. The third-order valence-electron chi connectivity index (χ3n) is 3.91. The number of hydrogen-bond donors (Lipinski definition) is 1. The first-order valence-corrected chi connectivity index (χ1v) is 7.72. The molecule has 1 aliphatic heterocycles. The standard InChI is InChI=1S/C14H22BrN3O/c1-3-18-6-4-11(5-7-18)9-16-14(19)13-8-12(15)10-17(13)2/h8,10-11H,3-7,9H2,1-2H3,(H,16,19). The lowest BCUT2D eigenvalue weighted by Gasteiger charge is -2.31. The smallest absolute Gasteiger partial charge is 0.267 e. The predicted octanol–water partition coefficient (Wildman–Crippen LogP) is 2.25. The number of piperidine rings is 1. The van der Waals surface area contributed by atoms with Gasteiger partial charge in [0.25, 0.3) is 5.91 Å². The van der Waals surface area contributed by atoms with E-state index in [0.29, 0.717) is 11.6 Å². The average Bonchev–Trinajstić information content (AvgIpc) is 2.75. The van der Waals surface area contributed by atoms with Gasteiger partial charge >= 0.3 is 0 Å². The minimum atomic E-state index is 0.0196. The molecule has 2 rings (SSSR count). The molecule has 1 saturated heterocycles. The van der Waals surface area contributed by atoms with Gasteiger partial charge in [-0.15, -0.1) is 0 Å². The molecule has 0 spiro atoms. The molecule has 0 aliphatic carbocycles. The Bertz CT molecular complexity index is 436. The van der Waals surface area contributed by atoms with Crippen molar-refractivity contribution in [2.24, 2.45) is 13.0 Å². The summed E-state index contributed by atoms with van der Waals surface area (Å²) in [5.74, 6) is 0.640. The highest BCUT2D eigenvalue weighted by Crippen LogP contribution is 2.17. The first-order valence-electron chi connectivity index (χ1n) is 6.92. The maximum atomic E-state index is 12.1. The average molecular weight is 328 g/mol. The van der Waals surface area contributed by atoms with Crippen molar-refractivity contribution in [2.75, 3.05) is 26.2 Å². The Morgan fingerprint density at radius 2 is 2.16 bits per heavy atom. The summed E-state index contributed by atoms with van der Waals surface area (Å²) >= 11 is 3.39. The Balaban J connectivity index is 1.80. The van der Waals surface area contributed by atoms with E-state index < -0.39 is 0 Å². The molecular formula is C14H22BrN3O. The Morgan fingerprint density at radius 1 is 1.47 bits per heavy atom. The highest BCUT2D eigenvalue weighted by molar-refractivity contribution is 9.10. The van der Waals surface area contributed by atoms with Crippen molar-refractivity contribution in [1.29, 1.82) is 0 Å². The zero-order chi connectivity index (χ0) is 13.8. The first kappa shape index (κ1) is 14.6. The van der Waals surface area contributed by atoms with Gasteiger partial charge in [0.1, 0.15) is 5.69 Å².